The molecule has 1 saturated heterocycles. The van der Waals surface area contributed by atoms with Crippen LogP contribution in [0.3, 0.4) is 0 Å². The molecule has 1 aliphatic rings. The zero-order valence-electron chi connectivity index (χ0n) is 16.1. The molecule has 2 atom stereocenters. The number of carbonyl (C=O) groups excluding carboxylic acids is 1. The Kier molecular flexibility index (Phi) is 6.94. The molecule has 1 heterocycles. The van der Waals surface area contributed by atoms with Crippen molar-refractivity contribution in [2.45, 2.75) is 32.3 Å². The van der Waals surface area contributed by atoms with Crippen molar-refractivity contribution in [3.63, 3.8) is 0 Å². The normalized spacial score (nSPS) is 20.0. The van der Waals surface area contributed by atoms with Crippen LogP contribution in [0.1, 0.15) is 25.3 Å². The van der Waals surface area contributed by atoms with Gasteiger partial charge in [0, 0.05) is 18.5 Å². The summed E-state index contributed by atoms with van der Waals surface area (Å²) in [6.07, 6.45) is 1.94. The number of amides is 1. The molecular weight excluding hydrogens is 376 g/mol. The van der Waals surface area contributed by atoms with E-state index in [0.29, 0.717) is 17.9 Å². The predicted octanol–water partition coefficient (Wildman–Crippen LogP) is 3.65. The first-order valence-electron chi connectivity index (χ1n) is 9.58. The number of hydrogen-bond donors (Lipinski definition) is 3. The van der Waals surface area contributed by atoms with Crippen LogP contribution in [0.2, 0.25) is 5.02 Å². The number of anilines is 1. The summed E-state index contributed by atoms with van der Waals surface area (Å²) >= 11 is 6.00. The van der Waals surface area contributed by atoms with E-state index in [9.17, 15) is 9.90 Å². The van der Waals surface area contributed by atoms with E-state index < -0.39 is 6.10 Å². The largest absolute Gasteiger partial charge is 0.489 e. The molecule has 150 valence electrons. The molecule has 5 nitrogen and oxygen atoms in total. The van der Waals surface area contributed by atoms with E-state index in [1.165, 1.54) is 12.5 Å². The van der Waals surface area contributed by atoms with E-state index in [-0.39, 0.29) is 17.9 Å². The summed E-state index contributed by atoms with van der Waals surface area (Å²) in [5, 5.41) is 17.6. The number of aliphatic hydroxyl groups is 1. The molecule has 0 aromatic heterocycles. The van der Waals surface area contributed by atoms with Gasteiger partial charge >= 0.3 is 0 Å². The van der Waals surface area contributed by atoms with Crippen molar-refractivity contribution < 1.29 is 14.6 Å². The summed E-state index contributed by atoms with van der Waals surface area (Å²) in [6, 6.07) is 15.2. The minimum Gasteiger partial charge on any atom is -0.489 e. The van der Waals surface area contributed by atoms with Crippen molar-refractivity contribution in [3.05, 3.63) is 59.1 Å². The topological polar surface area (TPSA) is 70.6 Å². The van der Waals surface area contributed by atoms with Crippen LogP contribution in [-0.2, 0) is 11.2 Å². The Bertz CT molecular complexity index is 789. The summed E-state index contributed by atoms with van der Waals surface area (Å²) in [7, 11) is 0. The number of benzene rings is 2. The van der Waals surface area contributed by atoms with Crippen molar-refractivity contribution in [2.24, 2.45) is 5.41 Å². The third-order valence-corrected chi connectivity index (χ3v) is 5.37. The smallest absolute Gasteiger partial charge is 0.221 e. The van der Waals surface area contributed by atoms with Gasteiger partial charge in [-0.2, -0.15) is 0 Å². The number of hydrogen-bond acceptors (Lipinski definition) is 4. The van der Waals surface area contributed by atoms with E-state index in [1.54, 1.807) is 12.1 Å². The van der Waals surface area contributed by atoms with Gasteiger partial charge in [0.2, 0.25) is 5.91 Å². The molecule has 0 aliphatic carbocycles. The quantitative estimate of drug-likeness (QED) is 0.630. The maximum atomic E-state index is 11.3. The number of aliphatic hydroxyl groups excluding tert-OH is 1. The Hall–Kier alpha value is -2.08. The Morgan fingerprint density at radius 1 is 1.29 bits per heavy atom. The van der Waals surface area contributed by atoms with E-state index in [0.717, 1.165) is 31.0 Å². The van der Waals surface area contributed by atoms with Gasteiger partial charge in [0.05, 0.1) is 11.8 Å². The average molecular weight is 403 g/mol. The van der Waals surface area contributed by atoms with Crippen LogP contribution in [0.25, 0.3) is 0 Å². The molecule has 0 bridgehead atoms. The van der Waals surface area contributed by atoms with Gasteiger partial charge in [-0.1, -0.05) is 35.9 Å². The number of para-hydroxylation sites is 2. The van der Waals surface area contributed by atoms with Crippen molar-refractivity contribution in [3.8, 4) is 5.75 Å². The maximum Gasteiger partial charge on any atom is 0.221 e. The standard InChI is InChI=1S/C22H27ClN2O3/c1-16(26)25-20-4-2-3-5-21(20)28-14-19(27)13-22(10-11-24-15-22)12-17-6-8-18(23)9-7-17/h2-9,19,24,27H,10-15H2,1H3,(H,25,26)/t19-,22-/m0/s1. The van der Waals surface area contributed by atoms with Gasteiger partial charge in [-0.3, -0.25) is 4.79 Å². The van der Waals surface area contributed by atoms with Gasteiger partial charge in [0.15, 0.2) is 0 Å². The highest BCUT2D eigenvalue weighted by Crippen LogP contribution is 2.35. The first-order valence-corrected chi connectivity index (χ1v) is 9.96. The van der Waals surface area contributed by atoms with Crippen molar-refractivity contribution >= 4 is 23.2 Å². The van der Waals surface area contributed by atoms with Crippen molar-refractivity contribution in [1.29, 1.82) is 0 Å². The lowest BCUT2D eigenvalue weighted by atomic mass is 9.76. The zero-order chi connectivity index (χ0) is 20.0. The predicted molar refractivity (Wildman–Crippen MR) is 112 cm³/mol. The van der Waals surface area contributed by atoms with E-state index in [1.807, 2.05) is 24.3 Å². The molecule has 2 aromatic rings. The highest BCUT2D eigenvalue weighted by atomic mass is 35.5. The molecular formula is C22H27ClN2O3. The van der Waals surface area contributed by atoms with Crippen LogP contribution < -0.4 is 15.4 Å². The SMILES string of the molecule is CC(=O)Nc1ccccc1OC[C@@H](O)C[C@@]1(Cc2ccc(Cl)cc2)CCNC1. The Balaban J connectivity index is 1.61. The summed E-state index contributed by atoms with van der Waals surface area (Å²) in [4.78, 5) is 11.3. The van der Waals surface area contributed by atoms with Gasteiger partial charge in [-0.25, -0.2) is 0 Å². The number of nitrogens with one attached hydrogen (secondary N) is 2. The summed E-state index contributed by atoms with van der Waals surface area (Å²) in [5.41, 5.74) is 1.83. The number of rotatable bonds is 8. The molecule has 3 rings (SSSR count). The fourth-order valence-corrected chi connectivity index (χ4v) is 3.98. The zero-order valence-corrected chi connectivity index (χ0v) is 16.8. The molecule has 2 aromatic carbocycles. The molecule has 0 unspecified atom stereocenters. The lowest BCUT2D eigenvalue weighted by Crippen LogP contribution is -2.33. The average Bonchev–Trinajstić information content (AvgIpc) is 3.10. The lowest BCUT2D eigenvalue weighted by molar-refractivity contribution is -0.114. The molecule has 1 aliphatic heterocycles. The van der Waals surface area contributed by atoms with Crippen molar-refractivity contribution in [1.82, 2.24) is 5.32 Å². The van der Waals surface area contributed by atoms with Gasteiger partial charge < -0.3 is 20.5 Å². The molecule has 28 heavy (non-hydrogen) atoms. The van der Waals surface area contributed by atoms with E-state index >= 15 is 0 Å². The van der Waals surface area contributed by atoms with Crippen molar-refractivity contribution in [2.75, 3.05) is 25.0 Å². The Labute approximate surface area is 171 Å². The lowest BCUT2D eigenvalue weighted by Gasteiger charge is -2.31. The number of halogens is 1. The third kappa shape index (κ3) is 5.71. The monoisotopic (exact) mass is 402 g/mol. The molecule has 1 fully saturated rings. The summed E-state index contributed by atoms with van der Waals surface area (Å²) < 4.78 is 5.82. The maximum absolute atomic E-state index is 11.3. The molecule has 6 heteroatoms. The highest BCUT2D eigenvalue weighted by molar-refractivity contribution is 6.30. The fraction of sp³-hybridized carbons (Fsp3) is 0.409. The second-order valence-electron chi connectivity index (χ2n) is 7.58. The number of carbonyl (C=O) groups is 1. The molecule has 1 amide bonds. The van der Waals surface area contributed by atoms with Gasteiger partial charge in [0.1, 0.15) is 12.4 Å². The number of ether oxygens (including phenoxy) is 1. The molecule has 3 N–H and O–H groups in total. The Morgan fingerprint density at radius 2 is 2.04 bits per heavy atom. The third-order valence-electron chi connectivity index (χ3n) is 5.12. The van der Waals surface area contributed by atoms with Crippen LogP contribution in [0, 0.1) is 5.41 Å². The molecule has 0 saturated carbocycles. The second kappa shape index (κ2) is 9.41. The minimum absolute atomic E-state index is 0.00619. The second-order valence-corrected chi connectivity index (χ2v) is 8.01. The molecule has 0 spiro atoms. The molecule has 0 radical (unpaired) electrons. The highest BCUT2D eigenvalue weighted by Gasteiger charge is 2.36. The minimum atomic E-state index is -0.599. The van der Waals surface area contributed by atoms with E-state index in [2.05, 4.69) is 22.8 Å². The van der Waals surface area contributed by atoms with Crippen LogP contribution in [0.5, 0.6) is 5.75 Å². The van der Waals surface area contributed by atoms with Gasteiger partial charge in [-0.15, -0.1) is 0 Å². The summed E-state index contributed by atoms with van der Waals surface area (Å²) in [6.45, 7) is 3.46. The van der Waals surface area contributed by atoms with Crippen LogP contribution in [0.15, 0.2) is 48.5 Å². The van der Waals surface area contributed by atoms with Gasteiger partial charge in [-0.05, 0) is 61.1 Å². The first-order chi connectivity index (χ1) is 13.5. The van der Waals surface area contributed by atoms with Crippen LogP contribution in [0.4, 0.5) is 5.69 Å². The first kappa shape index (κ1) is 20.6. The fourth-order valence-electron chi connectivity index (χ4n) is 3.86. The van der Waals surface area contributed by atoms with Crippen LogP contribution in [-0.4, -0.2) is 36.8 Å². The Morgan fingerprint density at radius 3 is 2.71 bits per heavy atom. The van der Waals surface area contributed by atoms with Gasteiger partial charge in [0.25, 0.3) is 0 Å². The van der Waals surface area contributed by atoms with E-state index in [4.69, 9.17) is 16.3 Å². The summed E-state index contributed by atoms with van der Waals surface area (Å²) in [5.74, 6) is 0.406. The van der Waals surface area contributed by atoms with Crippen LogP contribution >= 0.6 is 11.6 Å².